The summed E-state index contributed by atoms with van der Waals surface area (Å²) in [4.78, 5) is 4.72. The van der Waals surface area contributed by atoms with Crippen LogP contribution in [0.2, 0.25) is 5.02 Å². The first-order valence-corrected chi connectivity index (χ1v) is 8.43. The number of rotatable bonds is 4. The van der Waals surface area contributed by atoms with Crippen LogP contribution in [0, 0.1) is 12.7 Å². The first-order chi connectivity index (χ1) is 11.1. The molecule has 1 saturated heterocycles. The normalized spacial score (nSPS) is 16.7. The molecule has 0 N–H and O–H groups in total. The van der Waals surface area contributed by atoms with Gasteiger partial charge >= 0.3 is 0 Å². The second-order valence-corrected chi connectivity index (χ2v) is 6.65. The van der Waals surface area contributed by atoms with Crippen molar-refractivity contribution in [2.75, 3.05) is 26.2 Å². The zero-order valence-electron chi connectivity index (χ0n) is 13.4. The third-order valence-corrected chi connectivity index (χ3v) is 4.79. The Labute approximate surface area is 142 Å². The summed E-state index contributed by atoms with van der Waals surface area (Å²) >= 11 is 6.12. The average Bonchev–Trinajstić information content (AvgIpc) is 2.55. The molecule has 1 heterocycles. The highest BCUT2D eigenvalue weighted by atomic mass is 35.5. The summed E-state index contributed by atoms with van der Waals surface area (Å²) in [6.45, 7) is 7.56. The van der Waals surface area contributed by atoms with E-state index < -0.39 is 0 Å². The number of nitrogens with zero attached hydrogens (tertiary/aromatic N) is 2. The molecule has 0 radical (unpaired) electrons. The molecule has 0 bridgehead atoms. The molecule has 23 heavy (non-hydrogen) atoms. The Morgan fingerprint density at radius 3 is 2.13 bits per heavy atom. The maximum absolute atomic E-state index is 13.9. The zero-order chi connectivity index (χ0) is 16.2. The van der Waals surface area contributed by atoms with Crippen molar-refractivity contribution < 1.29 is 4.39 Å². The smallest absolute Gasteiger partial charge is 0.129 e. The Hall–Kier alpha value is -1.42. The van der Waals surface area contributed by atoms with Gasteiger partial charge in [0, 0.05) is 49.9 Å². The van der Waals surface area contributed by atoms with Crippen LogP contribution in [0.25, 0.3) is 0 Å². The van der Waals surface area contributed by atoms with Crippen LogP contribution in [0.1, 0.15) is 16.7 Å². The summed E-state index contributed by atoms with van der Waals surface area (Å²) in [5.74, 6) is -0.209. The number of aryl methyl sites for hydroxylation is 1. The fourth-order valence-corrected chi connectivity index (χ4v) is 3.19. The number of piperazine rings is 1. The SMILES string of the molecule is Cc1ccc(CN2CCN(Cc3c(F)cccc3Cl)CC2)cc1. The van der Waals surface area contributed by atoms with Gasteiger partial charge in [0.05, 0.1) is 0 Å². The van der Waals surface area contributed by atoms with Gasteiger partial charge in [-0.3, -0.25) is 9.80 Å². The lowest BCUT2D eigenvalue weighted by atomic mass is 10.1. The monoisotopic (exact) mass is 332 g/mol. The molecule has 3 rings (SSSR count). The van der Waals surface area contributed by atoms with Crippen LogP contribution >= 0.6 is 11.6 Å². The third-order valence-electron chi connectivity index (χ3n) is 4.44. The molecule has 4 heteroatoms. The van der Waals surface area contributed by atoms with E-state index in [1.165, 1.54) is 17.2 Å². The second-order valence-electron chi connectivity index (χ2n) is 6.24. The molecule has 2 nitrogen and oxygen atoms in total. The Morgan fingerprint density at radius 2 is 1.52 bits per heavy atom. The highest BCUT2D eigenvalue weighted by molar-refractivity contribution is 6.31. The van der Waals surface area contributed by atoms with Gasteiger partial charge in [-0.15, -0.1) is 0 Å². The van der Waals surface area contributed by atoms with E-state index in [9.17, 15) is 4.39 Å². The van der Waals surface area contributed by atoms with E-state index in [1.54, 1.807) is 12.1 Å². The van der Waals surface area contributed by atoms with E-state index in [0.29, 0.717) is 17.1 Å². The summed E-state index contributed by atoms with van der Waals surface area (Å²) in [6, 6.07) is 13.6. The molecular weight excluding hydrogens is 311 g/mol. The lowest BCUT2D eigenvalue weighted by Gasteiger charge is -2.35. The Kier molecular flexibility index (Phi) is 5.31. The molecule has 0 aromatic heterocycles. The van der Waals surface area contributed by atoms with E-state index in [4.69, 9.17) is 11.6 Å². The van der Waals surface area contributed by atoms with E-state index in [-0.39, 0.29) is 5.82 Å². The zero-order valence-corrected chi connectivity index (χ0v) is 14.2. The van der Waals surface area contributed by atoms with Crippen LogP contribution < -0.4 is 0 Å². The molecule has 1 fully saturated rings. The minimum atomic E-state index is -0.209. The second kappa shape index (κ2) is 7.43. The number of halogens is 2. The summed E-state index contributed by atoms with van der Waals surface area (Å²) < 4.78 is 13.9. The van der Waals surface area contributed by atoms with Crippen molar-refractivity contribution in [3.63, 3.8) is 0 Å². The van der Waals surface area contributed by atoms with Gasteiger partial charge in [-0.05, 0) is 24.6 Å². The number of hydrogen-bond donors (Lipinski definition) is 0. The van der Waals surface area contributed by atoms with Gasteiger partial charge in [0.25, 0.3) is 0 Å². The van der Waals surface area contributed by atoms with Crippen molar-refractivity contribution in [1.29, 1.82) is 0 Å². The Morgan fingerprint density at radius 1 is 0.913 bits per heavy atom. The van der Waals surface area contributed by atoms with Crippen LogP contribution in [-0.4, -0.2) is 36.0 Å². The molecule has 122 valence electrons. The Balaban J connectivity index is 1.53. The van der Waals surface area contributed by atoms with Crippen LogP contribution in [0.3, 0.4) is 0 Å². The highest BCUT2D eigenvalue weighted by Crippen LogP contribution is 2.21. The van der Waals surface area contributed by atoms with Gasteiger partial charge in [0.1, 0.15) is 5.82 Å². The third kappa shape index (κ3) is 4.31. The largest absolute Gasteiger partial charge is 0.297 e. The fourth-order valence-electron chi connectivity index (χ4n) is 2.96. The minimum absolute atomic E-state index is 0.209. The van der Waals surface area contributed by atoms with Gasteiger partial charge in [0.2, 0.25) is 0 Å². The van der Waals surface area contributed by atoms with Crippen LogP contribution in [0.15, 0.2) is 42.5 Å². The molecule has 2 aromatic rings. The predicted molar refractivity (Wildman–Crippen MR) is 93.1 cm³/mol. The lowest BCUT2D eigenvalue weighted by molar-refractivity contribution is 0.121. The maximum atomic E-state index is 13.9. The molecule has 1 aliphatic rings. The quantitative estimate of drug-likeness (QED) is 0.831. The van der Waals surface area contributed by atoms with Crippen LogP contribution in [0.4, 0.5) is 4.39 Å². The number of benzene rings is 2. The van der Waals surface area contributed by atoms with Crippen molar-refractivity contribution in [2.24, 2.45) is 0 Å². The Bertz CT molecular complexity index is 629. The molecule has 0 amide bonds. The van der Waals surface area contributed by atoms with Crippen molar-refractivity contribution in [3.05, 3.63) is 70.0 Å². The summed E-state index contributed by atoms with van der Waals surface area (Å²) in [7, 11) is 0. The molecule has 1 aliphatic heterocycles. The average molecular weight is 333 g/mol. The molecule has 0 atom stereocenters. The fraction of sp³-hybridized carbons (Fsp3) is 0.368. The molecule has 0 aliphatic carbocycles. The summed E-state index contributed by atoms with van der Waals surface area (Å²) in [5, 5.41) is 0.520. The van der Waals surface area contributed by atoms with Crippen molar-refractivity contribution >= 4 is 11.6 Å². The highest BCUT2D eigenvalue weighted by Gasteiger charge is 2.19. The standard InChI is InChI=1S/C19H22ClFN2/c1-15-5-7-16(8-6-15)13-22-9-11-23(12-10-22)14-17-18(20)3-2-4-19(17)21/h2-8H,9-14H2,1H3. The summed E-state index contributed by atoms with van der Waals surface area (Å²) in [5.41, 5.74) is 3.25. The lowest BCUT2D eigenvalue weighted by Crippen LogP contribution is -2.45. The van der Waals surface area contributed by atoms with E-state index in [2.05, 4.69) is 41.0 Å². The molecule has 0 unspecified atom stereocenters. The van der Waals surface area contributed by atoms with Crippen molar-refractivity contribution in [1.82, 2.24) is 9.80 Å². The van der Waals surface area contributed by atoms with Crippen molar-refractivity contribution in [3.8, 4) is 0 Å². The van der Waals surface area contributed by atoms with Crippen LogP contribution in [0.5, 0.6) is 0 Å². The maximum Gasteiger partial charge on any atom is 0.129 e. The summed E-state index contributed by atoms with van der Waals surface area (Å²) in [6.07, 6.45) is 0. The first kappa shape index (κ1) is 16.4. The predicted octanol–water partition coefficient (Wildman–Crippen LogP) is 4.11. The molecule has 0 spiro atoms. The minimum Gasteiger partial charge on any atom is -0.297 e. The van der Waals surface area contributed by atoms with Crippen LogP contribution in [-0.2, 0) is 13.1 Å². The van der Waals surface area contributed by atoms with Gasteiger partial charge in [-0.2, -0.15) is 0 Å². The van der Waals surface area contributed by atoms with Gasteiger partial charge < -0.3 is 0 Å². The van der Waals surface area contributed by atoms with Gasteiger partial charge in [-0.25, -0.2) is 4.39 Å². The topological polar surface area (TPSA) is 6.48 Å². The number of hydrogen-bond acceptors (Lipinski definition) is 2. The molecule has 0 saturated carbocycles. The van der Waals surface area contributed by atoms with E-state index in [1.807, 2.05) is 0 Å². The van der Waals surface area contributed by atoms with E-state index >= 15 is 0 Å². The van der Waals surface area contributed by atoms with Gasteiger partial charge in [-0.1, -0.05) is 47.5 Å². The van der Waals surface area contributed by atoms with Crippen molar-refractivity contribution in [2.45, 2.75) is 20.0 Å². The van der Waals surface area contributed by atoms with Gasteiger partial charge in [0.15, 0.2) is 0 Å². The molecular formula is C19H22ClFN2. The first-order valence-electron chi connectivity index (χ1n) is 8.05. The van der Waals surface area contributed by atoms with E-state index in [0.717, 1.165) is 32.7 Å². The molecule has 2 aromatic carbocycles.